The van der Waals surface area contributed by atoms with Gasteiger partial charge in [-0.25, -0.2) is 14.6 Å². The molecular weight excluding hydrogens is 453 g/mol. The molecular formula is C26H24FN3O5. The Balaban J connectivity index is 1.42. The van der Waals surface area contributed by atoms with Gasteiger partial charge in [-0.15, -0.1) is 0 Å². The number of ether oxygens (including phenoxy) is 2. The quantitative estimate of drug-likeness (QED) is 0.200. The van der Waals surface area contributed by atoms with E-state index in [0.29, 0.717) is 23.5 Å². The molecule has 2 N–H and O–H groups in total. The van der Waals surface area contributed by atoms with Crippen LogP contribution in [-0.2, 0) is 4.79 Å². The van der Waals surface area contributed by atoms with Crippen molar-refractivity contribution in [2.45, 2.75) is 13.3 Å². The molecule has 35 heavy (non-hydrogen) atoms. The van der Waals surface area contributed by atoms with E-state index in [1.54, 1.807) is 42.5 Å². The van der Waals surface area contributed by atoms with Gasteiger partial charge >= 0.3 is 5.97 Å². The Morgan fingerprint density at radius 1 is 0.943 bits per heavy atom. The molecule has 0 saturated heterocycles. The number of halogens is 1. The van der Waals surface area contributed by atoms with E-state index in [0.717, 1.165) is 6.42 Å². The summed E-state index contributed by atoms with van der Waals surface area (Å²) in [6.07, 6.45) is 2.27. The number of amides is 2. The summed E-state index contributed by atoms with van der Waals surface area (Å²) in [6.45, 7) is 2.34. The molecule has 0 saturated carbocycles. The lowest BCUT2D eigenvalue weighted by Crippen LogP contribution is -2.34. The molecule has 0 atom stereocenters. The molecule has 0 bridgehead atoms. The second-order valence-electron chi connectivity index (χ2n) is 7.29. The van der Waals surface area contributed by atoms with Crippen LogP contribution in [0.3, 0.4) is 0 Å². The Kier molecular flexibility index (Phi) is 9.07. The van der Waals surface area contributed by atoms with Crippen LogP contribution in [0.4, 0.5) is 4.39 Å². The third kappa shape index (κ3) is 7.78. The second kappa shape index (κ2) is 12.6. The third-order valence-electron chi connectivity index (χ3n) is 4.59. The SMILES string of the molecule is CCCOc1ccc(C(=O)NCC(=O)N/N=C\c2ccc(OC(=O)c3ccccc3F)cc2)cc1. The van der Waals surface area contributed by atoms with Crippen LogP contribution in [0.1, 0.15) is 39.6 Å². The molecule has 3 aromatic carbocycles. The predicted molar refractivity (Wildman–Crippen MR) is 128 cm³/mol. The standard InChI is InChI=1S/C26H24FN3O5/c1-2-15-34-20-13-9-19(10-14-20)25(32)28-17-24(31)30-29-16-18-7-11-21(12-8-18)35-26(33)22-5-3-4-6-23(22)27/h3-14,16H,2,15,17H2,1H3,(H,28,32)(H,30,31)/b29-16-. The van der Waals surface area contributed by atoms with Crippen LogP contribution in [0.2, 0.25) is 0 Å². The molecule has 2 amide bonds. The number of hydrogen-bond acceptors (Lipinski definition) is 6. The van der Waals surface area contributed by atoms with E-state index in [2.05, 4.69) is 15.8 Å². The number of carbonyl (C=O) groups is 3. The number of hydrazone groups is 1. The molecule has 0 aliphatic carbocycles. The first-order valence-corrected chi connectivity index (χ1v) is 10.9. The van der Waals surface area contributed by atoms with Gasteiger partial charge in [-0.3, -0.25) is 9.59 Å². The third-order valence-corrected chi connectivity index (χ3v) is 4.59. The van der Waals surface area contributed by atoms with Gasteiger partial charge in [0.25, 0.3) is 11.8 Å². The summed E-state index contributed by atoms with van der Waals surface area (Å²) in [5.74, 6) is -1.47. The van der Waals surface area contributed by atoms with Crippen LogP contribution in [0, 0.1) is 5.82 Å². The first kappa shape index (κ1) is 25.1. The molecule has 0 aliphatic heterocycles. The van der Waals surface area contributed by atoms with Gasteiger partial charge in [0, 0.05) is 5.56 Å². The number of nitrogens with one attached hydrogen (secondary N) is 2. The Bertz CT molecular complexity index is 1190. The van der Waals surface area contributed by atoms with Crippen molar-refractivity contribution in [1.29, 1.82) is 0 Å². The molecule has 180 valence electrons. The fourth-order valence-corrected chi connectivity index (χ4v) is 2.81. The molecule has 0 aromatic heterocycles. The first-order chi connectivity index (χ1) is 17.0. The molecule has 0 heterocycles. The molecule has 0 fully saturated rings. The van der Waals surface area contributed by atoms with Crippen LogP contribution in [0.5, 0.6) is 11.5 Å². The molecule has 0 aliphatic rings. The summed E-state index contributed by atoms with van der Waals surface area (Å²) in [5.41, 5.74) is 3.17. The van der Waals surface area contributed by atoms with Crippen LogP contribution < -0.4 is 20.2 Å². The van der Waals surface area contributed by atoms with Gasteiger partial charge in [-0.1, -0.05) is 19.1 Å². The fourth-order valence-electron chi connectivity index (χ4n) is 2.81. The normalized spacial score (nSPS) is 10.6. The van der Waals surface area contributed by atoms with E-state index >= 15 is 0 Å². The van der Waals surface area contributed by atoms with Crippen molar-refractivity contribution >= 4 is 24.0 Å². The lowest BCUT2D eigenvalue weighted by Gasteiger charge is -2.07. The molecule has 9 heteroatoms. The summed E-state index contributed by atoms with van der Waals surface area (Å²) >= 11 is 0. The van der Waals surface area contributed by atoms with Crippen LogP contribution in [0.15, 0.2) is 77.9 Å². The number of nitrogens with zero attached hydrogens (tertiary/aromatic N) is 1. The average molecular weight is 477 g/mol. The van der Waals surface area contributed by atoms with Crippen molar-refractivity contribution in [3.05, 3.63) is 95.3 Å². The van der Waals surface area contributed by atoms with Crippen LogP contribution in [0.25, 0.3) is 0 Å². The number of esters is 1. The summed E-state index contributed by atoms with van der Waals surface area (Å²) in [5, 5.41) is 6.34. The average Bonchev–Trinajstić information content (AvgIpc) is 2.87. The maximum Gasteiger partial charge on any atom is 0.346 e. The highest BCUT2D eigenvalue weighted by Gasteiger charge is 2.13. The minimum atomic E-state index is -0.806. The van der Waals surface area contributed by atoms with Gasteiger partial charge in [0.05, 0.1) is 24.9 Å². The molecule has 0 unspecified atom stereocenters. The van der Waals surface area contributed by atoms with Gasteiger partial charge in [0.1, 0.15) is 17.3 Å². The highest BCUT2D eigenvalue weighted by atomic mass is 19.1. The fraction of sp³-hybridized carbons (Fsp3) is 0.154. The molecule has 0 spiro atoms. The van der Waals surface area contributed by atoms with E-state index in [1.165, 1.54) is 36.5 Å². The van der Waals surface area contributed by atoms with Crippen molar-refractivity contribution in [1.82, 2.24) is 10.7 Å². The number of hydrogen-bond donors (Lipinski definition) is 2. The smallest absolute Gasteiger partial charge is 0.346 e. The molecule has 3 rings (SSSR count). The minimum absolute atomic E-state index is 0.161. The van der Waals surface area contributed by atoms with E-state index < -0.39 is 23.6 Å². The number of carbonyl (C=O) groups excluding carboxylic acids is 3. The highest BCUT2D eigenvalue weighted by Crippen LogP contribution is 2.15. The highest BCUT2D eigenvalue weighted by molar-refractivity contribution is 5.96. The zero-order chi connectivity index (χ0) is 25.0. The Morgan fingerprint density at radius 2 is 1.63 bits per heavy atom. The maximum absolute atomic E-state index is 13.7. The van der Waals surface area contributed by atoms with Crippen molar-refractivity contribution in [3.63, 3.8) is 0 Å². The lowest BCUT2D eigenvalue weighted by atomic mass is 10.2. The van der Waals surface area contributed by atoms with E-state index in [-0.39, 0.29) is 17.9 Å². The summed E-state index contributed by atoms with van der Waals surface area (Å²) in [7, 11) is 0. The monoisotopic (exact) mass is 477 g/mol. The molecule has 3 aromatic rings. The summed E-state index contributed by atoms with van der Waals surface area (Å²) in [6, 6.07) is 18.4. The van der Waals surface area contributed by atoms with Gasteiger partial charge in [0.2, 0.25) is 0 Å². The Hall–Kier alpha value is -4.53. The van der Waals surface area contributed by atoms with Crippen LogP contribution in [-0.4, -0.2) is 37.1 Å². The minimum Gasteiger partial charge on any atom is -0.494 e. The first-order valence-electron chi connectivity index (χ1n) is 10.9. The lowest BCUT2D eigenvalue weighted by molar-refractivity contribution is -0.120. The summed E-state index contributed by atoms with van der Waals surface area (Å²) in [4.78, 5) is 36.1. The number of benzene rings is 3. The zero-order valence-electron chi connectivity index (χ0n) is 19.0. The van der Waals surface area contributed by atoms with Gasteiger partial charge in [0.15, 0.2) is 0 Å². The van der Waals surface area contributed by atoms with Crippen molar-refractivity contribution < 1.29 is 28.2 Å². The van der Waals surface area contributed by atoms with Crippen molar-refractivity contribution in [2.75, 3.05) is 13.2 Å². The van der Waals surface area contributed by atoms with Gasteiger partial charge < -0.3 is 14.8 Å². The predicted octanol–water partition coefficient (Wildman–Crippen LogP) is 3.71. The molecule has 0 radical (unpaired) electrons. The second-order valence-corrected chi connectivity index (χ2v) is 7.29. The molecule has 8 nitrogen and oxygen atoms in total. The van der Waals surface area contributed by atoms with E-state index in [9.17, 15) is 18.8 Å². The van der Waals surface area contributed by atoms with Crippen LogP contribution >= 0.6 is 0 Å². The number of rotatable bonds is 10. The zero-order valence-corrected chi connectivity index (χ0v) is 19.0. The van der Waals surface area contributed by atoms with Crippen molar-refractivity contribution in [2.24, 2.45) is 5.10 Å². The Morgan fingerprint density at radius 3 is 2.31 bits per heavy atom. The topological polar surface area (TPSA) is 106 Å². The maximum atomic E-state index is 13.7. The van der Waals surface area contributed by atoms with Crippen molar-refractivity contribution in [3.8, 4) is 11.5 Å². The summed E-state index contributed by atoms with van der Waals surface area (Å²) < 4.78 is 24.3. The van der Waals surface area contributed by atoms with E-state index in [4.69, 9.17) is 9.47 Å². The van der Waals surface area contributed by atoms with Gasteiger partial charge in [-0.05, 0) is 72.6 Å². The van der Waals surface area contributed by atoms with E-state index in [1.807, 2.05) is 6.92 Å². The largest absolute Gasteiger partial charge is 0.494 e. The van der Waals surface area contributed by atoms with Gasteiger partial charge in [-0.2, -0.15) is 5.10 Å². The Labute approximate surface area is 201 Å².